The summed E-state index contributed by atoms with van der Waals surface area (Å²) < 4.78 is 4.97. The number of allylic oxidation sites excluding steroid dienone is 1. The molecule has 0 unspecified atom stereocenters. The van der Waals surface area contributed by atoms with Crippen molar-refractivity contribution in [1.29, 1.82) is 0 Å². The molecule has 0 aromatic heterocycles. The topological polar surface area (TPSA) is 46.5 Å². The highest BCUT2D eigenvalue weighted by Crippen LogP contribution is 2.25. The lowest BCUT2D eigenvalue weighted by molar-refractivity contribution is -0.140. The number of carbonyl (C=O) groups is 1. The van der Waals surface area contributed by atoms with E-state index in [1.807, 2.05) is 6.92 Å². The maximum Gasteiger partial charge on any atom is 0.338 e. The number of aliphatic hydroxyl groups excluding tert-OH is 1. The maximum absolute atomic E-state index is 11.2. The smallest absolute Gasteiger partial charge is 0.338 e. The van der Waals surface area contributed by atoms with Crippen LogP contribution in [0.1, 0.15) is 26.2 Å². The lowest BCUT2D eigenvalue weighted by Crippen LogP contribution is -2.10. The van der Waals surface area contributed by atoms with E-state index < -0.39 is 12.1 Å². The van der Waals surface area contributed by atoms with Gasteiger partial charge in [0.15, 0.2) is 6.10 Å². The van der Waals surface area contributed by atoms with Crippen LogP contribution >= 0.6 is 0 Å². The molecule has 0 aliphatic carbocycles. The third-order valence-electron chi connectivity index (χ3n) is 2.01. The number of esters is 1. The van der Waals surface area contributed by atoms with Gasteiger partial charge in [-0.05, 0) is 6.42 Å². The molecule has 0 radical (unpaired) electrons. The number of hydrogen-bond donors (Lipinski definition) is 1. The quantitative estimate of drug-likeness (QED) is 0.535. The van der Waals surface area contributed by atoms with Crippen LogP contribution in [0.15, 0.2) is 24.0 Å². The summed E-state index contributed by atoms with van der Waals surface area (Å²) in [5.41, 5.74) is 0.355. The van der Waals surface area contributed by atoms with Crippen molar-refractivity contribution in [2.45, 2.75) is 32.3 Å². The standard InChI is InChI=1S/C10H14O3/c1-3-5-7-9(11)8(6-4-2)13-10(7)12/h3,8,11H,1,4-6H2,2H3/t8-/m1/s1. The molecule has 1 atom stereocenters. The zero-order valence-corrected chi connectivity index (χ0v) is 7.75. The molecule has 3 heteroatoms. The van der Waals surface area contributed by atoms with E-state index in [2.05, 4.69) is 6.58 Å². The zero-order valence-electron chi connectivity index (χ0n) is 7.75. The molecule has 0 bridgehead atoms. The van der Waals surface area contributed by atoms with Crippen molar-refractivity contribution in [3.05, 3.63) is 24.0 Å². The Morgan fingerprint density at radius 1 is 1.69 bits per heavy atom. The Morgan fingerprint density at radius 3 is 2.92 bits per heavy atom. The SMILES string of the molecule is C=CCC1=C(O)[C@@H](CCC)OC1=O. The van der Waals surface area contributed by atoms with Gasteiger partial charge in [0, 0.05) is 6.42 Å². The lowest BCUT2D eigenvalue weighted by Gasteiger charge is -2.07. The summed E-state index contributed by atoms with van der Waals surface area (Å²) in [7, 11) is 0. The summed E-state index contributed by atoms with van der Waals surface area (Å²) >= 11 is 0. The molecule has 3 nitrogen and oxygen atoms in total. The molecular weight excluding hydrogens is 168 g/mol. The van der Waals surface area contributed by atoms with Crippen LogP contribution in [0.4, 0.5) is 0 Å². The summed E-state index contributed by atoms with van der Waals surface area (Å²) in [5, 5.41) is 9.57. The second-order valence-electron chi connectivity index (χ2n) is 3.04. The Bertz CT molecular complexity index is 253. The Hall–Kier alpha value is -1.25. The number of aliphatic hydroxyl groups is 1. The van der Waals surface area contributed by atoms with Crippen molar-refractivity contribution in [3.63, 3.8) is 0 Å². The number of rotatable bonds is 4. The van der Waals surface area contributed by atoms with E-state index in [0.717, 1.165) is 6.42 Å². The summed E-state index contributed by atoms with van der Waals surface area (Å²) in [6.45, 7) is 5.49. The van der Waals surface area contributed by atoms with Crippen LogP contribution in [-0.2, 0) is 9.53 Å². The van der Waals surface area contributed by atoms with Crippen molar-refractivity contribution in [2.24, 2.45) is 0 Å². The van der Waals surface area contributed by atoms with Gasteiger partial charge in [-0.3, -0.25) is 0 Å². The Labute approximate surface area is 77.7 Å². The van der Waals surface area contributed by atoms with Gasteiger partial charge in [0.05, 0.1) is 5.57 Å². The molecule has 0 amide bonds. The largest absolute Gasteiger partial charge is 0.508 e. The predicted octanol–water partition coefficient (Wildman–Crippen LogP) is 2.10. The molecule has 1 heterocycles. The second-order valence-corrected chi connectivity index (χ2v) is 3.04. The highest BCUT2D eigenvalue weighted by atomic mass is 16.6. The van der Waals surface area contributed by atoms with E-state index >= 15 is 0 Å². The summed E-state index contributed by atoms with van der Waals surface area (Å²) in [4.78, 5) is 11.2. The zero-order chi connectivity index (χ0) is 9.84. The first kappa shape index (κ1) is 9.84. The van der Waals surface area contributed by atoms with Crippen molar-refractivity contribution >= 4 is 5.97 Å². The molecule has 1 N–H and O–H groups in total. The monoisotopic (exact) mass is 182 g/mol. The molecule has 0 saturated carbocycles. The maximum atomic E-state index is 11.2. The number of cyclic esters (lactones) is 1. The van der Waals surface area contributed by atoms with Gasteiger partial charge in [-0.2, -0.15) is 0 Å². The number of hydrogen-bond acceptors (Lipinski definition) is 3. The first-order valence-electron chi connectivity index (χ1n) is 4.44. The Balaban J connectivity index is 2.76. The summed E-state index contributed by atoms with van der Waals surface area (Å²) in [6.07, 6.45) is 3.10. The first-order chi connectivity index (χ1) is 6.20. The van der Waals surface area contributed by atoms with Crippen LogP contribution < -0.4 is 0 Å². The Morgan fingerprint density at radius 2 is 2.38 bits per heavy atom. The van der Waals surface area contributed by atoms with E-state index in [4.69, 9.17) is 4.74 Å². The van der Waals surface area contributed by atoms with E-state index in [1.165, 1.54) is 0 Å². The molecule has 0 spiro atoms. The molecule has 0 aromatic rings. The van der Waals surface area contributed by atoms with Crippen molar-refractivity contribution in [3.8, 4) is 0 Å². The van der Waals surface area contributed by atoms with Crippen molar-refractivity contribution in [2.75, 3.05) is 0 Å². The van der Waals surface area contributed by atoms with Gasteiger partial charge in [0.1, 0.15) is 5.76 Å². The number of ether oxygens (including phenoxy) is 1. The highest BCUT2D eigenvalue weighted by molar-refractivity contribution is 5.91. The Kier molecular flexibility index (Phi) is 3.12. The molecule has 1 aliphatic heterocycles. The average molecular weight is 182 g/mol. The lowest BCUT2D eigenvalue weighted by atomic mass is 10.1. The number of carbonyl (C=O) groups excluding carboxylic acids is 1. The predicted molar refractivity (Wildman–Crippen MR) is 49.3 cm³/mol. The fourth-order valence-electron chi connectivity index (χ4n) is 1.35. The third kappa shape index (κ3) is 1.91. The van der Waals surface area contributed by atoms with Gasteiger partial charge in [-0.15, -0.1) is 6.58 Å². The molecule has 0 saturated heterocycles. The minimum absolute atomic E-state index is 0.0896. The van der Waals surface area contributed by atoms with E-state index in [-0.39, 0.29) is 5.76 Å². The van der Waals surface area contributed by atoms with E-state index in [1.54, 1.807) is 6.08 Å². The molecule has 0 fully saturated rings. The molecule has 1 aliphatic rings. The molecule has 0 aromatic carbocycles. The van der Waals surface area contributed by atoms with Crippen LogP contribution in [0, 0.1) is 0 Å². The second kappa shape index (κ2) is 4.12. The van der Waals surface area contributed by atoms with Crippen LogP contribution in [0.3, 0.4) is 0 Å². The minimum atomic E-state index is -0.424. The highest BCUT2D eigenvalue weighted by Gasteiger charge is 2.32. The third-order valence-corrected chi connectivity index (χ3v) is 2.01. The van der Waals surface area contributed by atoms with Crippen LogP contribution in [0.2, 0.25) is 0 Å². The molecule has 13 heavy (non-hydrogen) atoms. The van der Waals surface area contributed by atoms with Gasteiger partial charge in [0.2, 0.25) is 0 Å². The average Bonchev–Trinajstić information content (AvgIpc) is 2.34. The van der Waals surface area contributed by atoms with Crippen LogP contribution in [-0.4, -0.2) is 17.2 Å². The fourth-order valence-corrected chi connectivity index (χ4v) is 1.35. The van der Waals surface area contributed by atoms with Crippen molar-refractivity contribution in [1.82, 2.24) is 0 Å². The first-order valence-corrected chi connectivity index (χ1v) is 4.44. The van der Waals surface area contributed by atoms with Gasteiger partial charge >= 0.3 is 5.97 Å². The van der Waals surface area contributed by atoms with Gasteiger partial charge in [0.25, 0.3) is 0 Å². The van der Waals surface area contributed by atoms with Gasteiger partial charge < -0.3 is 9.84 Å². The van der Waals surface area contributed by atoms with Crippen LogP contribution in [0.5, 0.6) is 0 Å². The van der Waals surface area contributed by atoms with Gasteiger partial charge in [-0.1, -0.05) is 19.4 Å². The summed E-state index contributed by atoms with van der Waals surface area (Å²) in [6, 6.07) is 0. The molecule has 72 valence electrons. The normalized spacial score (nSPS) is 21.9. The van der Waals surface area contributed by atoms with Crippen molar-refractivity contribution < 1.29 is 14.6 Å². The fraction of sp³-hybridized carbons (Fsp3) is 0.500. The summed E-state index contributed by atoms with van der Waals surface area (Å²) in [5.74, 6) is -0.317. The minimum Gasteiger partial charge on any atom is -0.508 e. The molecule has 1 rings (SSSR count). The van der Waals surface area contributed by atoms with E-state index in [0.29, 0.717) is 18.4 Å². The van der Waals surface area contributed by atoms with E-state index in [9.17, 15) is 9.90 Å². The molecular formula is C10H14O3. The van der Waals surface area contributed by atoms with Gasteiger partial charge in [-0.25, -0.2) is 4.79 Å². The van der Waals surface area contributed by atoms with Crippen LogP contribution in [0.25, 0.3) is 0 Å².